The molecule has 2 rings (SSSR count). The van der Waals surface area contributed by atoms with Gasteiger partial charge in [0.2, 0.25) is 5.91 Å². The fraction of sp³-hybridized carbons (Fsp3) is 0.692. The van der Waals surface area contributed by atoms with Gasteiger partial charge in [-0.05, 0) is 13.3 Å². The molecule has 7 heteroatoms. The Morgan fingerprint density at radius 3 is 2.60 bits per heavy atom. The van der Waals surface area contributed by atoms with Gasteiger partial charge >= 0.3 is 0 Å². The molecule has 0 bridgehead atoms. The molecule has 1 aliphatic heterocycles. The van der Waals surface area contributed by atoms with E-state index in [-0.39, 0.29) is 24.4 Å². The molecule has 2 N–H and O–H groups in total. The van der Waals surface area contributed by atoms with E-state index in [0.29, 0.717) is 0 Å². The number of nitrogens with two attached hydrogens (primary N) is 1. The molecule has 0 aliphatic carbocycles. The highest BCUT2D eigenvalue weighted by Gasteiger charge is 2.25. The molecule has 1 amide bonds. The van der Waals surface area contributed by atoms with Crippen LogP contribution in [0.1, 0.15) is 25.5 Å². The lowest BCUT2D eigenvalue weighted by molar-refractivity contribution is -0.133. The van der Waals surface area contributed by atoms with Crippen LogP contribution in [0.2, 0.25) is 0 Å². The van der Waals surface area contributed by atoms with Gasteiger partial charge in [0.25, 0.3) is 0 Å². The van der Waals surface area contributed by atoms with Crippen molar-refractivity contribution in [3.05, 3.63) is 11.1 Å². The molecule has 0 saturated carbocycles. The molecule has 0 radical (unpaired) electrons. The highest BCUT2D eigenvalue weighted by atomic mass is 35.5. The van der Waals surface area contributed by atoms with Crippen LogP contribution in [0.3, 0.4) is 0 Å². The number of piperazine rings is 1. The van der Waals surface area contributed by atoms with Crippen LogP contribution in [-0.4, -0.2) is 48.0 Å². The summed E-state index contributed by atoms with van der Waals surface area (Å²) >= 11 is 1.67. The largest absolute Gasteiger partial charge is 0.345 e. The average molecular weight is 319 g/mol. The number of anilines is 1. The standard InChI is InChI=1S/C13H22N4OS.ClH/c1-3-4-11(14)12(18)16-5-7-17(8-6-16)13-15-10(2)9-19-13;/h9,11H,3-8,14H2,1-2H3;1H. The molecule has 1 unspecified atom stereocenters. The van der Waals surface area contributed by atoms with E-state index in [1.165, 1.54) is 0 Å². The Morgan fingerprint density at radius 2 is 2.10 bits per heavy atom. The SMILES string of the molecule is CCCC(N)C(=O)N1CCN(c2nc(C)cs2)CC1.Cl. The number of aromatic nitrogens is 1. The molecule has 20 heavy (non-hydrogen) atoms. The summed E-state index contributed by atoms with van der Waals surface area (Å²) in [6.45, 7) is 7.23. The smallest absolute Gasteiger partial charge is 0.239 e. The number of rotatable bonds is 4. The van der Waals surface area contributed by atoms with Crippen molar-refractivity contribution in [2.75, 3.05) is 31.1 Å². The topological polar surface area (TPSA) is 62.5 Å². The fourth-order valence-electron chi connectivity index (χ4n) is 2.27. The number of amides is 1. The van der Waals surface area contributed by atoms with E-state index in [4.69, 9.17) is 5.73 Å². The van der Waals surface area contributed by atoms with Gasteiger partial charge in [0.05, 0.1) is 11.7 Å². The third-order valence-corrected chi connectivity index (χ3v) is 4.40. The Labute approximate surface area is 130 Å². The summed E-state index contributed by atoms with van der Waals surface area (Å²) < 4.78 is 0. The molecule has 5 nitrogen and oxygen atoms in total. The van der Waals surface area contributed by atoms with Gasteiger partial charge in [-0.1, -0.05) is 13.3 Å². The second-order valence-electron chi connectivity index (χ2n) is 4.98. The van der Waals surface area contributed by atoms with Crippen molar-refractivity contribution in [1.29, 1.82) is 0 Å². The highest BCUT2D eigenvalue weighted by Crippen LogP contribution is 2.21. The van der Waals surface area contributed by atoms with Gasteiger partial charge in [0, 0.05) is 31.6 Å². The summed E-state index contributed by atoms with van der Waals surface area (Å²) in [5, 5.41) is 3.12. The van der Waals surface area contributed by atoms with Gasteiger partial charge in [0.15, 0.2) is 5.13 Å². The van der Waals surface area contributed by atoms with Gasteiger partial charge in [-0.15, -0.1) is 23.7 Å². The van der Waals surface area contributed by atoms with Crippen molar-refractivity contribution in [1.82, 2.24) is 9.88 Å². The van der Waals surface area contributed by atoms with E-state index in [2.05, 4.69) is 22.2 Å². The van der Waals surface area contributed by atoms with Crippen LogP contribution < -0.4 is 10.6 Å². The molecule has 1 atom stereocenters. The van der Waals surface area contributed by atoms with Crippen molar-refractivity contribution in [3.8, 4) is 0 Å². The number of nitrogens with zero attached hydrogens (tertiary/aromatic N) is 3. The van der Waals surface area contributed by atoms with Crippen LogP contribution in [0.4, 0.5) is 5.13 Å². The number of thiazole rings is 1. The van der Waals surface area contributed by atoms with Crippen LogP contribution in [0.25, 0.3) is 0 Å². The molecular weight excluding hydrogens is 296 g/mol. The van der Waals surface area contributed by atoms with Crippen molar-refractivity contribution in [2.24, 2.45) is 5.73 Å². The molecule has 1 saturated heterocycles. The third kappa shape index (κ3) is 4.07. The molecule has 0 spiro atoms. The first-order valence-electron chi connectivity index (χ1n) is 6.83. The Balaban J connectivity index is 0.00000200. The van der Waals surface area contributed by atoms with E-state index >= 15 is 0 Å². The summed E-state index contributed by atoms with van der Waals surface area (Å²) in [4.78, 5) is 20.7. The highest BCUT2D eigenvalue weighted by molar-refractivity contribution is 7.13. The van der Waals surface area contributed by atoms with E-state index in [1.807, 2.05) is 11.8 Å². The number of carbonyl (C=O) groups is 1. The number of hydrogen-bond donors (Lipinski definition) is 1. The molecule has 1 fully saturated rings. The van der Waals surface area contributed by atoms with Crippen LogP contribution in [0.15, 0.2) is 5.38 Å². The zero-order chi connectivity index (χ0) is 13.8. The zero-order valence-electron chi connectivity index (χ0n) is 12.0. The molecule has 1 aliphatic rings. The molecule has 2 heterocycles. The Hall–Kier alpha value is -0.850. The second-order valence-corrected chi connectivity index (χ2v) is 5.82. The van der Waals surface area contributed by atoms with Crippen LogP contribution in [-0.2, 0) is 4.79 Å². The average Bonchev–Trinajstić information content (AvgIpc) is 2.85. The van der Waals surface area contributed by atoms with Crippen LogP contribution in [0, 0.1) is 6.92 Å². The van der Waals surface area contributed by atoms with Crippen LogP contribution >= 0.6 is 23.7 Å². The predicted molar refractivity (Wildman–Crippen MR) is 85.8 cm³/mol. The van der Waals surface area contributed by atoms with Crippen LogP contribution in [0.5, 0.6) is 0 Å². The molecule has 1 aromatic rings. The second kappa shape index (κ2) is 7.81. The maximum atomic E-state index is 12.1. The Morgan fingerprint density at radius 1 is 1.45 bits per heavy atom. The van der Waals surface area contributed by atoms with Crippen molar-refractivity contribution >= 4 is 34.8 Å². The van der Waals surface area contributed by atoms with E-state index in [9.17, 15) is 4.79 Å². The first-order valence-corrected chi connectivity index (χ1v) is 7.71. The normalized spacial score (nSPS) is 16.8. The van der Waals surface area contributed by atoms with Gasteiger partial charge in [0.1, 0.15) is 0 Å². The maximum absolute atomic E-state index is 12.1. The lowest BCUT2D eigenvalue weighted by atomic mass is 10.1. The van der Waals surface area contributed by atoms with E-state index < -0.39 is 0 Å². The summed E-state index contributed by atoms with van der Waals surface area (Å²) in [5.74, 6) is 0.0943. The van der Waals surface area contributed by atoms with Gasteiger partial charge in [-0.2, -0.15) is 0 Å². The fourth-order valence-corrected chi connectivity index (χ4v) is 3.13. The van der Waals surface area contributed by atoms with Gasteiger partial charge < -0.3 is 15.5 Å². The molecule has 0 aromatic carbocycles. The summed E-state index contributed by atoms with van der Waals surface area (Å²) in [7, 11) is 0. The van der Waals surface area contributed by atoms with E-state index in [0.717, 1.165) is 49.8 Å². The minimum Gasteiger partial charge on any atom is -0.345 e. The first kappa shape index (κ1) is 17.2. The number of carbonyl (C=O) groups excluding carboxylic acids is 1. The quantitative estimate of drug-likeness (QED) is 0.917. The Bertz CT molecular complexity index is 432. The Kier molecular flexibility index (Phi) is 6.71. The molecule has 1 aromatic heterocycles. The molecular formula is C13H23ClN4OS. The van der Waals surface area contributed by atoms with Gasteiger partial charge in [-0.25, -0.2) is 4.98 Å². The van der Waals surface area contributed by atoms with E-state index in [1.54, 1.807) is 11.3 Å². The minimum atomic E-state index is -0.335. The lowest BCUT2D eigenvalue weighted by Crippen LogP contribution is -2.53. The van der Waals surface area contributed by atoms with Gasteiger partial charge in [-0.3, -0.25) is 4.79 Å². The summed E-state index contributed by atoms with van der Waals surface area (Å²) in [5.41, 5.74) is 6.95. The van der Waals surface area contributed by atoms with Crippen molar-refractivity contribution in [3.63, 3.8) is 0 Å². The number of halogens is 1. The van der Waals surface area contributed by atoms with Crippen molar-refractivity contribution in [2.45, 2.75) is 32.7 Å². The monoisotopic (exact) mass is 318 g/mol. The zero-order valence-corrected chi connectivity index (χ0v) is 13.7. The lowest BCUT2D eigenvalue weighted by Gasteiger charge is -2.35. The minimum absolute atomic E-state index is 0. The summed E-state index contributed by atoms with van der Waals surface area (Å²) in [6, 6.07) is -0.335. The van der Waals surface area contributed by atoms with Crippen molar-refractivity contribution < 1.29 is 4.79 Å². The summed E-state index contributed by atoms with van der Waals surface area (Å²) in [6.07, 6.45) is 1.72. The predicted octanol–water partition coefficient (Wildman–Crippen LogP) is 1.65. The molecule has 114 valence electrons. The number of hydrogen-bond acceptors (Lipinski definition) is 5. The first-order chi connectivity index (χ1) is 9.11. The maximum Gasteiger partial charge on any atom is 0.239 e. The number of aryl methyl sites for hydroxylation is 1. The third-order valence-electron chi connectivity index (χ3n) is 3.39.